The molecule has 0 fully saturated rings. The molecule has 5 N–H and O–H groups in total. The molecular formula is C19H24N4O4S. The molecule has 0 saturated carbocycles. The van der Waals surface area contributed by atoms with Crippen molar-refractivity contribution >= 4 is 27.6 Å². The molecule has 0 aliphatic carbocycles. The van der Waals surface area contributed by atoms with Crippen LogP contribution < -0.4 is 21.1 Å². The Kier molecular flexibility index (Phi) is 6.42. The molecule has 2 aromatic carbocycles. The van der Waals surface area contributed by atoms with Crippen LogP contribution in [0.2, 0.25) is 0 Å². The number of anilines is 1. The lowest BCUT2D eigenvalue weighted by molar-refractivity contribution is -0.120. The number of nitrogens with one attached hydrogen (secondary N) is 3. The van der Waals surface area contributed by atoms with Crippen LogP contribution >= 0.6 is 0 Å². The molecule has 0 heterocycles. The summed E-state index contributed by atoms with van der Waals surface area (Å²) in [4.78, 5) is 23.6. The van der Waals surface area contributed by atoms with Crippen LogP contribution in [-0.4, -0.2) is 25.9 Å². The fourth-order valence-corrected chi connectivity index (χ4v) is 3.98. The van der Waals surface area contributed by atoms with Gasteiger partial charge in [0.15, 0.2) is 0 Å². The number of hydrogen-bond donors (Lipinski definition) is 4. The van der Waals surface area contributed by atoms with E-state index < -0.39 is 33.5 Å². The van der Waals surface area contributed by atoms with Gasteiger partial charge in [0.05, 0.1) is 4.90 Å². The lowest BCUT2D eigenvalue weighted by atomic mass is 10.1. The van der Waals surface area contributed by atoms with Crippen LogP contribution in [-0.2, 0) is 14.8 Å². The third kappa shape index (κ3) is 6.07. The highest BCUT2D eigenvalue weighted by Gasteiger charge is 2.24. The first-order valence-corrected chi connectivity index (χ1v) is 10.0. The number of benzene rings is 2. The topological polar surface area (TPSA) is 130 Å². The van der Waals surface area contributed by atoms with Gasteiger partial charge in [-0.2, -0.15) is 0 Å². The lowest BCUT2D eigenvalue weighted by Gasteiger charge is -2.22. The molecule has 3 amide bonds. The Morgan fingerprint density at radius 2 is 1.64 bits per heavy atom. The minimum Gasteiger partial charge on any atom is -0.370 e. The zero-order chi connectivity index (χ0) is 20.9. The Labute approximate surface area is 164 Å². The van der Waals surface area contributed by atoms with Crippen LogP contribution in [0.25, 0.3) is 0 Å². The molecule has 0 aliphatic heterocycles. The van der Waals surface area contributed by atoms with Crippen molar-refractivity contribution in [2.45, 2.75) is 37.2 Å². The molecule has 2 rings (SSSR count). The van der Waals surface area contributed by atoms with E-state index in [2.05, 4.69) is 10.0 Å². The van der Waals surface area contributed by atoms with Crippen LogP contribution in [0.5, 0.6) is 0 Å². The zero-order valence-corrected chi connectivity index (χ0v) is 16.7. The fourth-order valence-electron chi connectivity index (χ4n) is 2.52. The number of urea groups is 1. The van der Waals surface area contributed by atoms with Gasteiger partial charge >= 0.3 is 6.03 Å². The van der Waals surface area contributed by atoms with Gasteiger partial charge in [-0.15, -0.1) is 0 Å². The van der Waals surface area contributed by atoms with E-state index in [1.807, 2.05) is 5.32 Å². The summed E-state index contributed by atoms with van der Waals surface area (Å²) < 4.78 is 27.7. The van der Waals surface area contributed by atoms with Crippen LogP contribution in [0.1, 0.15) is 32.4 Å². The van der Waals surface area contributed by atoms with Crippen molar-refractivity contribution < 1.29 is 18.0 Å². The van der Waals surface area contributed by atoms with Gasteiger partial charge in [0.25, 0.3) is 5.91 Å². The van der Waals surface area contributed by atoms with E-state index in [1.54, 1.807) is 63.2 Å². The summed E-state index contributed by atoms with van der Waals surface area (Å²) in [6.45, 7) is 5.23. The Bertz CT molecular complexity index is 953. The molecule has 0 saturated heterocycles. The largest absolute Gasteiger partial charge is 0.370 e. The van der Waals surface area contributed by atoms with Crippen LogP contribution in [0, 0.1) is 0 Å². The average molecular weight is 404 g/mol. The summed E-state index contributed by atoms with van der Waals surface area (Å²) in [5.41, 5.74) is 5.39. The smallest absolute Gasteiger partial charge is 0.318 e. The molecule has 0 radical (unpaired) electrons. The number of hydrogen-bond acceptors (Lipinski definition) is 5. The molecule has 0 aromatic heterocycles. The third-order valence-electron chi connectivity index (χ3n) is 3.54. The molecule has 28 heavy (non-hydrogen) atoms. The van der Waals surface area contributed by atoms with Gasteiger partial charge in [0, 0.05) is 11.2 Å². The Hall–Kier alpha value is -2.91. The summed E-state index contributed by atoms with van der Waals surface area (Å²) in [6, 6.07) is 12.9. The standard InChI is InChI=1S/C19H24N4O4S/c1-19(2,3)23-28(26,27)15-11-7-10-14(12-15)21-16(17(24)22-18(20)25)13-8-5-4-6-9-13/h4-12,16,21,23H,1-3H3,(H3,20,22,24,25)/t16-/m1/s1. The molecule has 150 valence electrons. The number of nitrogens with two attached hydrogens (primary N) is 1. The SMILES string of the molecule is CC(C)(C)NS(=O)(=O)c1cccc(N[C@@H](C(=O)NC(N)=O)c2ccccc2)c1. The zero-order valence-electron chi connectivity index (χ0n) is 15.9. The van der Waals surface area contributed by atoms with E-state index in [1.165, 1.54) is 12.1 Å². The summed E-state index contributed by atoms with van der Waals surface area (Å²) in [5, 5.41) is 5.01. The van der Waals surface area contributed by atoms with E-state index in [9.17, 15) is 18.0 Å². The van der Waals surface area contributed by atoms with Crippen molar-refractivity contribution in [3.63, 3.8) is 0 Å². The van der Waals surface area contributed by atoms with Crippen LogP contribution in [0.4, 0.5) is 10.5 Å². The van der Waals surface area contributed by atoms with Gasteiger partial charge in [-0.1, -0.05) is 36.4 Å². The van der Waals surface area contributed by atoms with E-state index in [0.29, 0.717) is 11.3 Å². The maximum absolute atomic E-state index is 12.6. The van der Waals surface area contributed by atoms with E-state index >= 15 is 0 Å². The highest BCUT2D eigenvalue weighted by atomic mass is 32.2. The number of carbonyl (C=O) groups excluding carboxylic acids is 2. The predicted molar refractivity (Wildman–Crippen MR) is 107 cm³/mol. The number of sulfonamides is 1. The normalized spacial score (nSPS) is 12.8. The first-order chi connectivity index (χ1) is 13.0. The second-order valence-electron chi connectivity index (χ2n) is 7.22. The number of amides is 3. The molecular weight excluding hydrogens is 380 g/mol. The van der Waals surface area contributed by atoms with Crippen molar-refractivity contribution in [1.82, 2.24) is 10.0 Å². The molecule has 0 aliphatic rings. The highest BCUT2D eigenvalue weighted by Crippen LogP contribution is 2.23. The Morgan fingerprint density at radius 1 is 1.00 bits per heavy atom. The quantitative estimate of drug-likeness (QED) is 0.586. The number of rotatable bonds is 6. The van der Waals surface area contributed by atoms with Crippen molar-refractivity contribution in [3.05, 3.63) is 60.2 Å². The Morgan fingerprint density at radius 3 is 2.21 bits per heavy atom. The molecule has 1 atom stereocenters. The van der Waals surface area contributed by atoms with E-state index in [-0.39, 0.29) is 4.90 Å². The summed E-state index contributed by atoms with van der Waals surface area (Å²) in [6.07, 6.45) is 0. The van der Waals surface area contributed by atoms with Gasteiger partial charge < -0.3 is 11.1 Å². The number of carbonyl (C=O) groups is 2. The summed E-state index contributed by atoms with van der Waals surface area (Å²) >= 11 is 0. The lowest BCUT2D eigenvalue weighted by Crippen LogP contribution is -2.41. The van der Waals surface area contributed by atoms with Crippen LogP contribution in [0.3, 0.4) is 0 Å². The Balaban J connectivity index is 2.35. The minimum atomic E-state index is -3.74. The van der Waals surface area contributed by atoms with Crippen molar-refractivity contribution in [2.24, 2.45) is 5.73 Å². The summed E-state index contributed by atoms with van der Waals surface area (Å²) in [5.74, 6) is -0.653. The van der Waals surface area contributed by atoms with Gasteiger partial charge in [0.2, 0.25) is 10.0 Å². The number of primary amides is 1. The van der Waals surface area contributed by atoms with E-state index in [0.717, 1.165) is 0 Å². The highest BCUT2D eigenvalue weighted by molar-refractivity contribution is 7.89. The molecule has 0 unspecified atom stereocenters. The van der Waals surface area contributed by atoms with Gasteiger partial charge in [-0.3, -0.25) is 10.1 Å². The molecule has 8 nitrogen and oxygen atoms in total. The maximum Gasteiger partial charge on any atom is 0.318 e. The van der Waals surface area contributed by atoms with Gasteiger partial charge in [-0.25, -0.2) is 17.9 Å². The first-order valence-electron chi connectivity index (χ1n) is 8.54. The predicted octanol–water partition coefficient (Wildman–Crippen LogP) is 2.11. The van der Waals surface area contributed by atoms with E-state index in [4.69, 9.17) is 5.73 Å². The third-order valence-corrected chi connectivity index (χ3v) is 5.29. The minimum absolute atomic E-state index is 0.0505. The summed E-state index contributed by atoms with van der Waals surface area (Å²) in [7, 11) is -3.74. The number of imide groups is 1. The van der Waals surface area contributed by atoms with Crippen LogP contribution in [0.15, 0.2) is 59.5 Å². The molecule has 0 spiro atoms. The van der Waals surface area contributed by atoms with Crippen molar-refractivity contribution in [3.8, 4) is 0 Å². The monoisotopic (exact) mass is 404 g/mol. The average Bonchev–Trinajstić information content (AvgIpc) is 2.58. The molecule has 0 bridgehead atoms. The van der Waals surface area contributed by atoms with Crippen molar-refractivity contribution in [1.29, 1.82) is 0 Å². The molecule has 2 aromatic rings. The second-order valence-corrected chi connectivity index (χ2v) is 8.91. The van der Waals surface area contributed by atoms with Gasteiger partial charge in [-0.05, 0) is 44.5 Å². The van der Waals surface area contributed by atoms with Crippen molar-refractivity contribution in [2.75, 3.05) is 5.32 Å². The first kappa shape index (κ1) is 21.4. The fraction of sp³-hybridized carbons (Fsp3) is 0.263. The molecule has 9 heteroatoms. The van der Waals surface area contributed by atoms with Gasteiger partial charge in [0.1, 0.15) is 6.04 Å². The maximum atomic E-state index is 12.6. The second kappa shape index (κ2) is 8.41.